The lowest BCUT2D eigenvalue weighted by molar-refractivity contribution is 0.0773. The van der Waals surface area contributed by atoms with Crippen molar-refractivity contribution in [2.45, 2.75) is 33.1 Å². The van der Waals surface area contributed by atoms with Gasteiger partial charge in [-0.25, -0.2) is 0 Å². The molecule has 1 aromatic carbocycles. The fraction of sp³-hybridized carbons (Fsp3) is 0.562. The maximum Gasteiger partial charge on any atom is 0.256 e. The van der Waals surface area contributed by atoms with Crippen molar-refractivity contribution >= 4 is 17.3 Å². The summed E-state index contributed by atoms with van der Waals surface area (Å²) in [6.45, 7) is 7.53. The molecule has 2 N–H and O–H groups in total. The van der Waals surface area contributed by atoms with E-state index in [-0.39, 0.29) is 5.91 Å². The molecule has 0 atom stereocenters. The van der Waals surface area contributed by atoms with Crippen LogP contribution in [-0.2, 0) is 0 Å². The Hall–Kier alpha value is -1.71. The van der Waals surface area contributed by atoms with Gasteiger partial charge >= 0.3 is 0 Å². The first-order chi connectivity index (χ1) is 9.67. The highest BCUT2D eigenvalue weighted by Gasteiger charge is 2.21. The number of carbonyl (C=O) groups excluding carboxylic acids is 1. The molecule has 0 bridgehead atoms. The predicted molar refractivity (Wildman–Crippen MR) is 84.2 cm³/mol. The van der Waals surface area contributed by atoms with Crippen molar-refractivity contribution in [3.05, 3.63) is 23.8 Å². The third-order valence-electron chi connectivity index (χ3n) is 4.00. The molecule has 1 saturated heterocycles. The van der Waals surface area contributed by atoms with Crippen molar-refractivity contribution in [2.75, 3.05) is 36.8 Å². The summed E-state index contributed by atoms with van der Waals surface area (Å²) >= 11 is 0. The van der Waals surface area contributed by atoms with Crippen LogP contribution in [0.25, 0.3) is 0 Å². The summed E-state index contributed by atoms with van der Waals surface area (Å²) in [6.07, 6.45) is 3.68. The van der Waals surface area contributed by atoms with Crippen molar-refractivity contribution in [1.29, 1.82) is 0 Å². The van der Waals surface area contributed by atoms with Crippen molar-refractivity contribution < 1.29 is 4.79 Å². The van der Waals surface area contributed by atoms with E-state index in [1.165, 1.54) is 19.3 Å². The molecular weight excluding hydrogens is 250 g/mol. The lowest BCUT2D eigenvalue weighted by atomic mass is 10.1. The molecule has 0 radical (unpaired) electrons. The molecule has 1 fully saturated rings. The van der Waals surface area contributed by atoms with Gasteiger partial charge in [0.05, 0.1) is 5.56 Å². The average Bonchev–Trinajstić information content (AvgIpc) is 2.49. The second-order valence-electron chi connectivity index (χ2n) is 5.30. The van der Waals surface area contributed by atoms with E-state index in [2.05, 4.69) is 4.90 Å². The highest BCUT2D eigenvalue weighted by Crippen LogP contribution is 2.27. The number of nitrogens with zero attached hydrogens (tertiary/aromatic N) is 2. The maximum absolute atomic E-state index is 12.7. The lowest BCUT2D eigenvalue weighted by Crippen LogP contribution is -2.35. The van der Waals surface area contributed by atoms with Crippen LogP contribution in [0.1, 0.15) is 43.5 Å². The van der Waals surface area contributed by atoms with E-state index in [0.29, 0.717) is 5.69 Å². The number of rotatable bonds is 4. The third kappa shape index (κ3) is 3.06. The number of anilines is 2. The van der Waals surface area contributed by atoms with Gasteiger partial charge in [0.1, 0.15) is 0 Å². The minimum Gasteiger partial charge on any atom is -0.399 e. The van der Waals surface area contributed by atoms with Crippen LogP contribution in [0.3, 0.4) is 0 Å². The minimum absolute atomic E-state index is 0.0860. The summed E-state index contributed by atoms with van der Waals surface area (Å²) in [5, 5.41) is 0. The molecule has 110 valence electrons. The zero-order valence-corrected chi connectivity index (χ0v) is 12.6. The second-order valence-corrected chi connectivity index (χ2v) is 5.30. The number of amides is 1. The Morgan fingerprint density at radius 1 is 1.20 bits per heavy atom. The van der Waals surface area contributed by atoms with E-state index in [1.54, 1.807) is 0 Å². The summed E-state index contributed by atoms with van der Waals surface area (Å²) < 4.78 is 0. The van der Waals surface area contributed by atoms with E-state index >= 15 is 0 Å². The van der Waals surface area contributed by atoms with Crippen molar-refractivity contribution in [2.24, 2.45) is 0 Å². The van der Waals surface area contributed by atoms with Crippen LogP contribution in [-0.4, -0.2) is 37.0 Å². The molecule has 2 rings (SSSR count). The Kier molecular flexibility index (Phi) is 4.88. The van der Waals surface area contributed by atoms with Crippen LogP contribution in [0, 0.1) is 0 Å². The minimum atomic E-state index is 0.0860. The number of nitrogen functional groups attached to an aromatic ring is 1. The number of hydrogen-bond donors (Lipinski definition) is 1. The molecule has 0 spiro atoms. The predicted octanol–water partition coefficient (Wildman–Crippen LogP) is 2.74. The first-order valence-corrected chi connectivity index (χ1v) is 7.61. The zero-order valence-electron chi connectivity index (χ0n) is 12.6. The van der Waals surface area contributed by atoms with Crippen molar-refractivity contribution in [3.8, 4) is 0 Å². The second kappa shape index (κ2) is 6.64. The van der Waals surface area contributed by atoms with Gasteiger partial charge in [-0.15, -0.1) is 0 Å². The van der Waals surface area contributed by atoms with Crippen molar-refractivity contribution in [1.82, 2.24) is 4.90 Å². The molecule has 1 amide bonds. The van der Waals surface area contributed by atoms with E-state index in [4.69, 9.17) is 5.73 Å². The zero-order chi connectivity index (χ0) is 14.5. The van der Waals surface area contributed by atoms with Gasteiger partial charge in [0.25, 0.3) is 5.91 Å². The highest BCUT2D eigenvalue weighted by molar-refractivity contribution is 6.00. The summed E-state index contributed by atoms with van der Waals surface area (Å²) in [5.41, 5.74) is 8.33. The molecule has 0 aromatic heterocycles. The van der Waals surface area contributed by atoms with Gasteiger partial charge in [0, 0.05) is 37.6 Å². The molecule has 1 aliphatic heterocycles. The smallest absolute Gasteiger partial charge is 0.256 e. The number of carbonyl (C=O) groups is 1. The van der Waals surface area contributed by atoms with Gasteiger partial charge in [-0.2, -0.15) is 0 Å². The summed E-state index contributed by atoms with van der Waals surface area (Å²) in [5.74, 6) is 0.0860. The monoisotopic (exact) mass is 275 g/mol. The average molecular weight is 275 g/mol. The number of piperidine rings is 1. The molecule has 1 heterocycles. The molecule has 4 heteroatoms. The molecule has 0 saturated carbocycles. The van der Waals surface area contributed by atoms with E-state index in [9.17, 15) is 4.79 Å². The first kappa shape index (κ1) is 14.7. The van der Waals surface area contributed by atoms with Crippen LogP contribution >= 0.6 is 0 Å². The number of nitrogens with two attached hydrogens (primary N) is 1. The molecule has 4 nitrogen and oxygen atoms in total. The Morgan fingerprint density at radius 3 is 2.45 bits per heavy atom. The molecule has 1 aromatic rings. The number of hydrogen-bond acceptors (Lipinski definition) is 3. The van der Waals surface area contributed by atoms with Gasteiger partial charge in [-0.3, -0.25) is 4.79 Å². The summed E-state index contributed by atoms with van der Waals surface area (Å²) in [6, 6.07) is 5.71. The SMILES string of the molecule is CCN(CC)C(=O)c1cc(N)ccc1N1CCCCC1. The largest absolute Gasteiger partial charge is 0.399 e. The normalized spacial score (nSPS) is 15.2. The van der Waals surface area contributed by atoms with Crippen LogP contribution in [0.15, 0.2) is 18.2 Å². The van der Waals surface area contributed by atoms with E-state index in [1.807, 2.05) is 36.9 Å². The molecule has 20 heavy (non-hydrogen) atoms. The van der Waals surface area contributed by atoms with Gasteiger partial charge in [0.2, 0.25) is 0 Å². The van der Waals surface area contributed by atoms with E-state index in [0.717, 1.165) is 37.4 Å². The van der Waals surface area contributed by atoms with Gasteiger partial charge in [-0.1, -0.05) is 0 Å². The topological polar surface area (TPSA) is 49.6 Å². The Morgan fingerprint density at radius 2 is 1.85 bits per heavy atom. The molecule has 0 aliphatic carbocycles. The Balaban J connectivity index is 2.34. The van der Waals surface area contributed by atoms with Crippen molar-refractivity contribution in [3.63, 3.8) is 0 Å². The number of benzene rings is 1. The van der Waals surface area contributed by atoms with Crippen LogP contribution < -0.4 is 10.6 Å². The quantitative estimate of drug-likeness (QED) is 0.860. The Bertz CT molecular complexity index is 463. The molecule has 1 aliphatic rings. The highest BCUT2D eigenvalue weighted by atomic mass is 16.2. The molecule has 0 unspecified atom stereocenters. The third-order valence-corrected chi connectivity index (χ3v) is 4.00. The fourth-order valence-corrected chi connectivity index (χ4v) is 2.82. The van der Waals surface area contributed by atoms with Crippen LogP contribution in [0.2, 0.25) is 0 Å². The van der Waals surface area contributed by atoms with Gasteiger partial charge in [0.15, 0.2) is 0 Å². The lowest BCUT2D eigenvalue weighted by Gasteiger charge is -2.31. The Labute approximate surface area is 121 Å². The molecular formula is C16H25N3O. The summed E-state index contributed by atoms with van der Waals surface area (Å²) in [4.78, 5) is 16.8. The summed E-state index contributed by atoms with van der Waals surface area (Å²) in [7, 11) is 0. The first-order valence-electron chi connectivity index (χ1n) is 7.61. The maximum atomic E-state index is 12.7. The standard InChI is InChI=1S/C16H25N3O/c1-3-18(4-2)16(20)14-12-13(17)8-9-15(14)19-10-6-5-7-11-19/h8-9,12H,3-7,10-11,17H2,1-2H3. The van der Waals surface area contributed by atoms with E-state index < -0.39 is 0 Å². The fourth-order valence-electron chi connectivity index (χ4n) is 2.82. The van der Waals surface area contributed by atoms with Crippen LogP contribution in [0.5, 0.6) is 0 Å². The van der Waals surface area contributed by atoms with Gasteiger partial charge in [-0.05, 0) is 51.3 Å². The van der Waals surface area contributed by atoms with Crippen LogP contribution in [0.4, 0.5) is 11.4 Å². The van der Waals surface area contributed by atoms with Gasteiger partial charge < -0.3 is 15.5 Å².